The SMILES string of the molecule is CN1CCC(Oc2ccccc2-c2nccn2Cc2ccccc2C(=O)O)CC1. The van der Waals surface area contributed by atoms with Crippen LogP contribution in [0, 0.1) is 0 Å². The van der Waals surface area contributed by atoms with Crippen molar-refractivity contribution in [1.82, 2.24) is 14.5 Å². The fraction of sp³-hybridized carbons (Fsp3) is 0.304. The van der Waals surface area contributed by atoms with E-state index in [1.807, 2.05) is 47.2 Å². The van der Waals surface area contributed by atoms with E-state index in [1.165, 1.54) is 0 Å². The molecule has 1 aliphatic rings. The van der Waals surface area contributed by atoms with Crippen molar-refractivity contribution in [3.05, 3.63) is 72.1 Å². The molecule has 0 saturated carbocycles. The lowest BCUT2D eigenvalue weighted by Gasteiger charge is -2.29. The van der Waals surface area contributed by atoms with Gasteiger partial charge in [-0.25, -0.2) is 9.78 Å². The predicted molar refractivity (Wildman–Crippen MR) is 111 cm³/mol. The van der Waals surface area contributed by atoms with Crippen molar-refractivity contribution in [2.24, 2.45) is 0 Å². The molecular weight excluding hydrogens is 366 g/mol. The Morgan fingerprint density at radius 3 is 2.66 bits per heavy atom. The van der Waals surface area contributed by atoms with Crippen LogP contribution in [0.4, 0.5) is 0 Å². The van der Waals surface area contributed by atoms with Crippen LogP contribution in [-0.2, 0) is 6.54 Å². The molecule has 1 fully saturated rings. The highest BCUT2D eigenvalue weighted by molar-refractivity contribution is 5.89. The second-order valence-electron chi connectivity index (χ2n) is 7.46. The predicted octanol–water partition coefficient (Wildman–Crippen LogP) is 3.77. The second kappa shape index (κ2) is 8.49. The van der Waals surface area contributed by atoms with E-state index >= 15 is 0 Å². The van der Waals surface area contributed by atoms with Crippen LogP contribution in [0.1, 0.15) is 28.8 Å². The average molecular weight is 391 g/mol. The zero-order valence-corrected chi connectivity index (χ0v) is 16.5. The van der Waals surface area contributed by atoms with Gasteiger partial charge < -0.3 is 19.3 Å². The van der Waals surface area contributed by atoms with Gasteiger partial charge in [0.05, 0.1) is 11.1 Å². The third-order valence-corrected chi connectivity index (χ3v) is 5.39. The molecule has 2 aromatic carbocycles. The van der Waals surface area contributed by atoms with E-state index < -0.39 is 5.97 Å². The largest absolute Gasteiger partial charge is 0.490 e. The van der Waals surface area contributed by atoms with Gasteiger partial charge in [0.2, 0.25) is 0 Å². The molecule has 4 rings (SSSR count). The van der Waals surface area contributed by atoms with E-state index in [1.54, 1.807) is 18.3 Å². The molecule has 150 valence electrons. The summed E-state index contributed by atoms with van der Waals surface area (Å²) < 4.78 is 8.32. The summed E-state index contributed by atoms with van der Waals surface area (Å²) in [6, 6.07) is 15.0. The first-order valence-corrected chi connectivity index (χ1v) is 9.89. The molecule has 0 spiro atoms. The Labute approximate surface area is 170 Å². The van der Waals surface area contributed by atoms with Crippen molar-refractivity contribution in [1.29, 1.82) is 0 Å². The van der Waals surface area contributed by atoms with Crippen LogP contribution in [0.2, 0.25) is 0 Å². The topological polar surface area (TPSA) is 67.6 Å². The Balaban J connectivity index is 1.61. The Morgan fingerprint density at radius 1 is 1.14 bits per heavy atom. The van der Waals surface area contributed by atoms with Gasteiger partial charge in [-0.2, -0.15) is 0 Å². The molecule has 0 amide bonds. The zero-order chi connectivity index (χ0) is 20.2. The van der Waals surface area contributed by atoms with Crippen molar-refractivity contribution in [3.63, 3.8) is 0 Å². The number of piperidine rings is 1. The summed E-state index contributed by atoms with van der Waals surface area (Å²) in [4.78, 5) is 18.4. The van der Waals surface area contributed by atoms with E-state index in [4.69, 9.17) is 4.74 Å². The zero-order valence-electron chi connectivity index (χ0n) is 16.5. The van der Waals surface area contributed by atoms with Crippen LogP contribution in [0.5, 0.6) is 5.75 Å². The molecule has 0 unspecified atom stereocenters. The van der Waals surface area contributed by atoms with Gasteiger partial charge in [-0.3, -0.25) is 0 Å². The third kappa shape index (κ3) is 4.32. The van der Waals surface area contributed by atoms with Crippen LogP contribution in [0.25, 0.3) is 11.4 Å². The van der Waals surface area contributed by atoms with Gasteiger partial charge in [-0.15, -0.1) is 0 Å². The number of aromatic carboxylic acids is 1. The number of rotatable bonds is 6. The summed E-state index contributed by atoms with van der Waals surface area (Å²) in [6.07, 6.45) is 5.82. The highest BCUT2D eigenvalue weighted by Crippen LogP contribution is 2.31. The molecule has 3 aromatic rings. The molecule has 1 aliphatic heterocycles. The number of ether oxygens (including phenoxy) is 1. The molecular formula is C23H25N3O3. The number of nitrogens with zero attached hydrogens (tertiary/aromatic N) is 3. The van der Waals surface area contributed by atoms with Crippen LogP contribution in [0.15, 0.2) is 60.9 Å². The van der Waals surface area contributed by atoms with Gasteiger partial charge in [0.25, 0.3) is 0 Å². The molecule has 0 bridgehead atoms. The molecule has 6 nitrogen and oxygen atoms in total. The Bertz CT molecular complexity index is 990. The molecule has 0 radical (unpaired) electrons. The normalized spacial score (nSPS) is 15.3. The quantitative estimate of drug-likeness (QED) is 0.693. The standard InChI is InChI=1S/C23H25N3O3/c1-25-13-10-18(11-14-25)29-21-9-5-4-8-20(21)22-24-12-15-26(22)16-17-6-2-3-7-19(17)23(27)28/h2-9,12,15,18H,10-11,13-14,16H2,1H3,(H,27,28). The molecule has 29 heavy (non-hydrogen) atoms. The summed E-state index contributed by atoms with van der Waals surface area (Å²) in [5, 5.41) is 9.48. The van der Waals surface area contributed by atoms with Gasteiger partial charge in [0, 0.05) is 32.0 Å². The van der Waals surface area contributed by atoms with Crippen molar-refractivity contribution in [2.75, 3.05) is 20.1 Å². The second-order valence-corrected chi connectivity index (χ2v) is 7.46. The van der Waals surface area contributed by atoms with Gasteiger partial charge >= 0.3 is 5.97 Å². The number of carboxylic acid groups (broad SMARTS) is 1. The van der Waals surface area contributed by atoms with Crippen LogP contribution < -0.4 is 4.74 Å². The van der Waals surface area contributed by atoms with Gasteiger partial charge in [-0.1, -0.05) is 30.3 Å². The number of carboxylic acids is 1. The van der Waals surface area contributed by atoms with Gasteiger partial charge in [0.15, 0.2) is 0 Å². The first kappa shape index (κ1) is 19.2. The van der Waals surface area contributed by atoms with Crippen molar-refractivity contribution < 1.29 is 14.6 Å². The van der Waals surface area contributed by atoms with E-state index in [9.17, 15) is 9.90 Å². The molecule has 1 aromatic heterocycles. The van der Waals surface area contributed by atoms with Crippen molar-refractivity contribution in [3.8, 4) is 17.1 Å². The van der Waals surface area contributed by atoms with E-state index in [0.717, 1.165) is 48.6 Å². The molecule has 1 N–H and O–H groups in total. The van der Waals surface area contributed by atoms with Crippen molar-refractivity contribution in [2.45, 2.75) is 25.5 Å². The first-order valence-electron chi connectivity index (χ1n) is 9.89. The fourth-order valence-corrected chi connectivity index (χ4v) is 3.77. The van der Waals surface area contributed by atoms with E-state index in [0.29, 0.717) is 12.1 Å². The highest BCUT2D eigenvalue weighted by atomic mass is 16.5. The number of benzene rings is 2. The molecule has 6 heteroatoms. The lowest BCUT2D eigenvalue weighted by molar-refractivity contribution is 0.0695. The number of hydrogen-bond acceptors (Lipinski definition) is 4. The minimum Gasteiger partial charge on any atom is -0.490 e. The maximum atomic E-state index is 11.6. The Morgan fingerprint density at radius 2 is 1.86 bits per heavy atom. The summed E-state index contributed by atoms with van der Waals surface area (Å²) in [5.41, 5.74) is 1.97. The summed E-state index contributed by atoms with van der Waals surface area (Å²) in [5.74, 6) is 0.669. The molecule has 2 heterocycles. The monoisotopic (exact) mass is 391 g/mol. The molecule has 0 aliphatic carbocycles. The Kier molecular flexibility index (Phi) is 5.62. The maximum Gasteiger partial charge on any atom is 0.336 e. The van der Waals surface area contributed by atoms with Crippen molar-refractivity contribution >= 4 is 5.97 Å². The number of carbonyl (C=O) groups is 1. The molecule has 0 atom stereocenters. The lowest BCUT2D eigenvalue weighted by Crippen LogP contribution is -2.35. The maximum absolute atomic E-state index is 11.6. The minimum absolute atomic E-state index is 0.198. The number of para-hydroxylation sites is 1. The number of hydrogen-bond donors (Lipinski definition) is 1. The smallest absolute Gasteiger partial charge is 0.336 e. The first-order chi connectivity index (χ1) is 14.1. The Hall–Kier alpha value is -3.12. The number of aromatic nitrogens is 2. The summed E-state index contributed by atoms with van der Waals surface area (Å²) in [7, 11) is 2.13. The van der Waals surface area contributed by atoms with Crippen LogP contribution >= 0.6 is 0 Å². The minimum atomic E-state index is -0.923. The molecule has 1 saturated heterocycles. The fourth-order valence-electron chi connectivity index (χ4n) is 3.77. The number of imidazole rings is 1. The van der Waals surface area contributed by atoms with Crippen LogP contribution in [0.3, 0.4) is 0 Å². The third-order valence-electron chi connectivity index (χ3n) is 5.39. The summed E-state index contributed by atoms with van der Waals surface area (Å²) in [6.45, 7) is 2.50. The van der Waals surface area contributed by atoms with E-state index in [2.05, 4.69) is 16.9 Å². The van der Waals surface area contributed by atoms with E-state index in [-0.39, 0.29) is 6.10 Å². The van der Waals surface area contributed by atoms with Crippen LogP contribution in [-0.4, -0.2) is 51.8 Å². The number of likely N-dealkylation sites (tertiary alicyclic amines) is 1. The van der Waals surface area contributed by atoms with Gasteiger partial charge in [0.1, 0.15) is 17.7 Å². The highest BCUT2D eigenvalue weighted by Gasteiger charge is 2.21. The summed E-state index contributed by atoms with van der Waals surface area (Å²) >= 11 is 0. The average Bonchev–Trinajstić information content (AvgIpc) is 3.18. The lowest BCUT2D eigenvalue weighted by atomic mass is 10.1. The van der Waals surface area contributed by atoms with Gasteiger partial charge in [-0.05, 0) is 43.7 Å².